The predicted molar refractivity (Wildman–Crippen MR) is 79.1 cm³/mol. The lowest BCUT2D eigenvalue weighted by Gasteiger charge is -2.19. The maximum Gasteiger partial charge on any atom is 0.407 e. The van der Waals surface area contributed by atoms with Crippen molar-refractivity contribution in [1.82, 2.24) is 5.32 Å². The van der Waals surface area contributed by atoms with Crippen LogP contribution in [0.25, 0.3) is 0 Å². The van der Waals surface area contributed by atoms with Crippen LogP contribution in [0, 0.1) is 0 Å². The zero-order valence-corrected chi connectivity index (χ0v) is 13.3. The molecule has 0 radical (unpaired) electrons. The highest BCUT2D eigenvalue weighted by atomic mass is 19.1. The lowest BCUT2D eigenvalue weighted by molar-refractivity contribution is 0.0501. The molecule has 0 heterocycles. The first-order valence-electron chi connectivity index (χ1n) is 7.31. The summed E-state index contributed by atoms with van der Waals surface area (Å²) in [6.45, 7) is 7.53. The fraction of sp³-hybridized carbons (Fsp3) is 0.929. The number of rotatable bonds is 11. The summed E-state index contributed by atoms with van der Waals surface area (Å²) in [6.07, 6.45) is -0.0993. The molecule has 0 aromatic carbocycles. The van der Waals surface area contributed by atoms with Crippen LogP contribution in [0.15, 0.2) is 0 Å². The lowest BCUT2D eigenvalue weighted by Crippen LogP contribution is -2.33. The Balaban J connectivity index is 3.24. The second-order valence-electron chi connectivity index (χ2n) is 5.66. The number of nitrogens with two attached hydrogens (primary N) is 1. The molecule has 0 saturated carbocycles. The van der Waals surface area contributed by atoms with E-state index in [1.165, 1.54) is 0 Å². The van der Waals surface area contributed by atoms with E-state index in [1.54, 1.807) is 0 Å². The van der Waals surface area contributed by atoms with Gasteiger partial charge in [0, 0.05) is 32.9 Å². The SMILES string of the molecule is CC(C)(C)OC(=O)NCCCOCCCOCC(F)CN. The summed E-state index contributed by atoms with van der Waals surface area (Å²) in [7, 11) is 0. The Morgan fingerprint density at radius 2 is 1.81 bits per heavy atom. The minimum absolute atomic E-state index is 0.0127. The van der Waals surface area contributed by atoms with Crippen molar-refractivity contribution in [2.24, 2.45) is 5.73 Å². The normalized spacial score (nSPS) is 13.0. The molecule has 6 nitrogen and oxygen atoms in total. The molecule has 3 N–H and O–H groups in total. The van der Waals surface area contributed by atoms with Gasteiger partial charge in [0.05, 0.1) is 6.61 Å². The number of hydrogen-bond donors (Lipinski definition) is 2. The number of halogens is 1. The molecule has 0 spiro atoms. The molecule has 0 saturated heterocycles. The van der Waals surface area contributed by atoms with Gasteiger partial charge in [0.15, 0.2) is 0 Å². The van der Waals surface area contributed by atoms with E-state index in [2.05, 4.69) is 5.32 Å². The molecule has 0 aromatic rings. The first kappa shape index (κ1) is 20.1. The predicted octanol–water partition coefficient (Wildman–Crippen LogP) is 1.62. The average molecular weight is 308 g/mol. The molecule has 1 amide bonds. The average Bonchev–Trinajstić information content (AvgIpc) is 2.38. The van der Waals surface area contributed by atoms with Crippen LogP contribution in [0.4, 0.5) is 9.18 Å². The van der Waals surface area contributed by atoms with Crippen molar-refractivity contribution in [3.05, 3.63) is 0 Å². The summed E-state index contributed by atoms with van der Waals surface area (Å²) in [5, 5.41) is 2.65. The minimum atomic E-state index is -1.09. The smallest absolute Gasteiger partial charge is 0.407 e. The zero-order chi connectivity index (χ0) is 16.1. The van der Waals surface area contributed by atoms with Gasteiger partial charge in [-0.3, -0.25) is 0 Å². The third-order valence-electron chi connectivity index (χ3n) is 2.27. The van der Waals surface area contributed by atoms with E-state index < -0.39 is 17.9 Å². The van der Waals surface area contributed by atoms with Crippen LogP contribution in [0.2, 0.25) is 0 Å². The molecule has 1 unspecified atom stereocenters. The number of nitrogens with one attached hydrogen (secondary N) is 1. The minimum Gasteiger partial charge on any atom is -0.444 e. The van der Waals surface area contributed by atoms with Crippen LogP contribution in [0.5, 0.6) is 0 Å². The number of alkyl halides is 1. The fourth-order valence-electron chi connectivity index (χ4n) is 1.32. The van der Waals surface area contributed by atoms with E-state index in [0.717, 1.165) is 0 Å². The summed E-state index contributed by atoms with van der Waals surface area (Å²) in [5.41, 5.74) is 4.63. The topological polar surface area (TPSA) is 82.8 Å². The molecule has 0 fully saturated rings. The molecule has 0 rings (SSSR count). The fourth-order valence-corrected chi connectivity index (χ4v) is 1.32. The number of hydrogen-bond acceptors (Lipinski definition) is 5. The van der Waals surface area contributed by atoms with E-state index >= 15 is 0 Å². The number of carbonyl (C=O) groups is 1. The van der Waals surface area contributed by atoms with E-state index in [-0.39, 0.29) is 13.2 Å². The van der Waals surface area contributed by atoms with Gasteiger partial charge in [0.1, 0.15) is 11.8 Å². The van der Waals surface area contributed by atoms with Crippen LogP contribution in [-0.2, 0) is 14.2 Å². The Bertz CT molecular complexity index is 272. The highest BCUT2D eigenvalue weighted by molar-refractivity contribution is 5.67. The van der Waals surface area contributed by atoms with Crippen molar-refractivity contribution < 1.29 is 23.4 Å². The van der Waals surface area contributed by atoms with Gasteiger partial charge in [0.2, 0.25) is 0 Å². The molecule has 7 heteroatoms. The molecule has 21 heavy (non-hydrogen) atoms. The molecule has 0 aliphatic carbocycles. The summed E-state index contributed by atoms with van der Waals surface area (Å²) in [4.78, 5) is 11.3. The molecule has 0 aromatic heterocycles. The van der Waals surface area contributed by atoms with Crippen LogP contribution in [0.1, 0.15) is 33.6 Å². The largest absolute Gasteiger partial charge is 0.444 e. The zero-order valence-electron chi connectivity index (χ0n) is 13.3. The Morgan fingerprint density at radius 1 is 1.19 bits per heavy atom. The van der Waals surface area contributed by atoms with Crippen molar-refractivity contribution in [2.45, 2.75) is 45.4 Å². The Morgan fingerprint density at radius 3 is 2.43 bits per heavy atom. The third-order valence-corrected chi connectivity index (χ3v) is 2.27. The van der Waals surface area contributed by atoms with Crippen LogP contribution < -0.4 is 11.1 Å². The van der Waals surface area contributed by atoms with E-state index in [4.69, 9.17) is 19.9 Å². The van der Waals surface area contributed by atoms with Crippen molar-refractivity contribution in [3.8, 4) is 0 Å². The van der Waals surface area contributed by atoms with Crippen molar-refractivity contribution in [2.75, 3.05) is 39.5 Å². The maximum absolute atomic E-state index is 12.7. The second kappa shape index (κ2) is 11.7. The summed E-state index contributed by atoms with van der Waals surface area (Å²) < 4.78 is 28.2. The maximum atomic E-state index is 12.7. The Labute approximate surface area is 126 Å². The monoisotopic (exact) mass is 308 g/mol. The van der Waals surface area contributed by atoms with Crippen molar-refractivity contribution >= 4 is 6.09 Å². The molecule has 1 atom stereocenters. The van der Waals surface area contributed by atoms with Gasteiger partial charge in [0.25, 0.3) is 0 Å². The van der Waals surface area contributed by atoms with Gasteiger partial charge < -0.3 is 25.3 Å². The van der Waals surface area contributed by atoms with E-state index in [9.17, 15) is 9.18 Å². The van der Waals surface area contributed by atoms with E-state index in [1.807, 2.05) is 20.8 Å². The second-order valence-corrected chi connectivity index (χ2v) is 5.66. The number of ether oxygens (including phenoxy) is 3. The Kier molecular flexibility index (Phi) is 11.2. The molecule has 0 aliphatic rings. The van der Waals surface area contributed by atoms with Crippen molar-refractivity contribution in [3.63, 3.8) is 0 Å². The lowest BCUT2D eigenvalue weighted by atomic mass is 10.2. The standard InChI is InChI=1S/C14H29FN2O4/c1-14(2,3)21-13(18)17-6-4-7-19-8-5-9-20-11-12(15)10-16/h12H,4-11,16H2,1-3H3,(H,17,18). The highest BCUT2D eigenvalue weighted by Gasteiger charge is 2.15. The van der Waals surface area contributed by atoms with Gasteiger partial charge in [-0.1, -0.05) is 0 Å². The Hall–Kier alpha value is -0.920. The molecular weight excluding hydrogens is 279 g/mol. The summed E-state index contributed by atoms with van der Waals surface area (Å²) >= 11 is 0. The summed E-state index contributed by atoms with van der Waals surface area (Å²) in [5.74, 6) is 0. The molecule has 126 valence electrons. The number of alkyl carbamates (subject to hydrolysis) is 1. The van der Waals surface area contributed by atoms with Crippen LogP contribution >= 0.6 is 0 Å². The van der Waals surface area contributed by atoms with E-state index in [0.29, 0.717) is 39.2 Å². The van der Waals surface area contributed by atoms with Gasteiger partial charge in [-0.2, -0.15) is 0 Å². The van der Waals surface area contributed by atoms with Gasteiger partial charge in [-0.05, 0) is 33.6 Å². The van der Waals surface area contributed by atoms with Gasteiger partial charge in [-0.25, -0.2) is 9.18 Å². The highest BCUT2D eigenvalue weighted by Crippen LogP contribution is 2.06. The van der Waals surface area contributed by atoms with Gasteiger partial charge in [-0.15, -0.1) is 0 Å². The third kappa shape index (κ3) is 15.3. The first-order chi connectivity index (χ1) is 9.85. The van der Waals surface area contributed by atoms with Crippen LogP contribution in [-0.4, -0.2) is 57.4 Å². The van der Waals surface area contributed by atoms with Crippen LogP contribution in [0.3, 0.4) is 0 Å². The van der Waals surface area contributed by atoms with Gasteiger partial charge >= 0.3 is 6.09 Å². The first-order valence-corrected chi connectivity index (χ1v) is 7.31. The number of carbonyl (C=O) groups excluding carboxylic acids is 1. The summed E-state index contributed by atoms with van der Waals surface area (Å²) in [6, 6.07) is 0. The number of amides is 1. The quantitative estimate of drug-likeness (QED) is 0.567. The molecule has 0 aliphatic heterocycles. The molecular formula is C14H29FN2O4. The van der Waals surface area contributed by atoms with Crippen molar-refractivity contribution in [1.29, 1.82) is 0 Å². The molecule has 0 bridgehead atoms.